The van der Waals surface area contributed by atoms with Crippen molar-refractivity contribution in [3.8, 4) is 5.69 Å². The van der Waals surface area contributed by atoms with Crippen LogP contribution in [0.25, 0.3) is 5.69 Å². The van der Waals surface area contributed by atoms with E-state index in [9.17, 15) is 18.8 Å². The van der Waals surface area contributed by atoms with E-state index in [1.165, 1.54) is 53.2 Å². The second-order valence-electron chi connectivity index (χ2n) is 5.41. The van der Waals surface area contributed by atoms with Gasteiger partial charge in [0.1, 0.15) is 17.2 Å². The van der Waals surface area contributed by atoms with Crippen molar-refractivity contribution < 1.29 is 9.18 Å². The number of halogens is 1. The fraction of sp³-hybridized carbons (Fsp3) is 0.0556. The number of rotatable bonds is 3. The zero-order valence-corrected chi connectivity index (χ0v) is 13.2. The van der Waals surface area contributed by atoms with E-state index in [0.717, 1.165) is 0 Å². The molecule has 0 saturated heterocycles. The molecule has 3 aromatic rings. The molecule has 0 atom stereocenters. The summed E-state index contributed by atoms with van der Waals surface area (Å²) in [5.41, 5.74) is -0.0436. The average Bonchev–Trinajstić information content (AvgIpc) is 2.56. The molecule has 1 amide bonds. The van der Waals surface area contributed by atoms with E-state index in [1.807, 2.05) is 0 Å². The Hall–Kier alpha value is -3.48. The normalized spacial score (nSPS) is 10.5. The highest BCUT2D eigenvalue weighted by molar-refractivity contribution is 6.04. The molecule has 0 bridgehead atoms. The number of benzene rings is 1. The molecule has 0 aliphatic heterocycles. The molecule has 1 aromatic carbocycles. The van der Waals surface area contributed by atoms with Gasteiger partial charge in [0.2, 0.25) is 5.56 Å². The molecule has 0 fully saturated rings. The topological polar surface area (TPSA) is 84.0 Å². The summed E-state index contributed by atoms with van der Waals surface area (Å²) < 4.78 is 14.3. The molecule has 6 nitrogen and oxygen atoms in total. The number of carbonyl (C=O) groups is 1. The third-order valence-electron chi connectivity index (χ3n) is 3.65. The van der Waals surface area contributed by atoms with E-state index < -0.39 is 17.3 Å². The van der Waals surface area contributed by atoms with Crippen LogP contribution in [0.3, 0.4) is 0 Å². The first-order valence-electron chi connectivity index (χ1n) is 7.44. The van der Waals surface area contributed by atoms with Crippen LogP contribution in [0, 0.1) is 12.7 Å². The number of pyridine rings is 2. The second-order valence-corrected chi connectivity index (χ2v) is 5.41. The van der Waals surface area contributed by atoms with Gasteiger partial charge in [0.05, 0.1) is 0 Å². The molecule has 0 saturated carbocycles. The minimum absolute atomic E-state index is 0.0588. The van der Waals surface area contributed by atoms with E-state index in [2.05, 4.69) is 10.3 Å². The molecular formula is C18H14FN3O3. The van der Waals surface area contributed by atoms with Gasteiger partial charge in [-0.15, -0.1) is 0 Å². The first-order valence-corrected chi connectivity index (χ1v) is 7.44. The highest BCUT2D eigenvalue weighted by atomic mass is 19.1. The molecular weight excluding hydrogens is 325 g/mol. The van der Waals surface area contributed by atoms with Crippen molar-refractivity contribution in [2.24, 2.45) is 0 Å². The molecule has 0 spiro atoms. The Balaban J connectivity index is 2.02. The van der Waals surface area contributed by atoms with Crippen molar-refractivity contribution in [3.63, 3.8) is 0 Å². The molecule has 2 N–H and O–H groups in total. The number of anilines is 1. The number of H-pyrrole nitrogens is 1. The Morgan fingerprint density at radius 1 is 1.08 bits per heavy atom. The molecule has 7 heteroatoms. The van der Waals surface area contributed by atoms with Crippen LogP contribution in [-0.4, -0.2) is 15.5 Å². The summed E-state index contributed by atoms with van der Waals surface area (Å²) in [6.07, 6.45) is 1.52. The Kier molecular flexibility index (Phi) is 4.30. The quantitative estimate of drug-likeness (QED) is 0.767. The van der Waals surface area contributed by atoms with Crippen LogP contribution in [0.1, 0.15) is 15.9 Å². The third-order valence-corrected chi connectivity index (χ3v) is 3.65. The van der Waals surface area contributed by atoms with E-state index >= 15 is 0 Å². The lowest BCUT2D eigenvalue weighted by Gasteiger charge is -2.11. The summed E-state index contributed by atoms with van der Waals surface area (Å²) in [5.74, 6) is -0.871. The number of nitrogens with zero attached hydrogens (tertiary/aromatic N) is 1. The molecule has 2 aromatic heterocycles. The van der Waals surface area contributed by atoms with E-state index in [0.29, 0.717) is 11.3 Å². The molecule has 0 aliphatic rings. The van der Waals surface area contributed by atoms with Gasteiger partial charge in [0.25, 0.3) is 11.5 Å². The van der Waals surface area contributed by atoms with Gasteiger partial charge in [-0.3, -0.25) is 19.0 Å². The predicted molar refractivity (Wildman–Crippen MR) is 91.7 cm³/mol. The van der Waals surface area contributed by atoms with Gasteiger partial charge < -0.3 is 10.3 Å². The second kappa shape index (κ2) is 6.56. The SMILES string of the molecule is Cc1ccn(-c2ccc(F)cc2)c(=O)c1C(=O)Nc1cccc(=O)[nH]1. The van der Waals surface area contributed by atoms with Gasteiger partial charge in [-0.05, 0) is 48.9 Å². The van der Waals surface area contributed by atoms with Crippen LogP contribution in [-0.2, 0) is 0 Å². The monoisotopic (exact) mass is 339 g/mol. The molecule has 3 rings (SSSR count). The van der Waals surface area contributed by atoms with Crippen LogP contribution in [0.15, 0.2) is 64.3 Å². The lowest BCUT2D eigenvalue weighted by molar-refractivity contribution is 0.102. The van der Waals surface area contributed by atoms with E-state index in [1.54, 1.807) is 13.0 Å². The van der Waals surface area contributed by atoms with Gasteiger partial charge in [-0.25, -0.2) is 4.39 Å². The minimum Gasteiger partial charge on any atom is -0.309 e. The van der Waals surface area contributed by atoms with Crippen molar-refractivity contribution in [2.75, 3.05) is 5.32 Å². The fourth-order valence-electron chi connectivity index (χ4n) is 2.41. The zero-order valence-electron chi connectivity index (χ0n) is 13.2. The Morgan fingerprint density at radius 3 is 2.48 bits per heavy atom. The van der Waals surface area contributed by atoms with Gasteiger partial charge in [0, 0.05) is 18.0 Å². The van der Waals surface area contributed by atoms with Crippen molar-refractivity contribution in [3.05, 3.63) is 92.4 Å². The molecule has 25 heavy (non-hydrogen) atoms. The Morgan fingerprint density at radius 2 is 1.80 bits per heavy atom. The van der Waals surface area contributed by atoms with Gasteiger partial charge in [-0.1, -0.05) is 6.07 Å². The standard InChI is InChI=1S/C18H14FN3O3/c1-11-9-10-22(13-7-5-12(19)6-8-13)18(25)16(11)17(24)21-14-3-2-4-15(23)20-14/h2-10H,1H3,(H2,20,21,23,24). The Labute approximate surface area is 141 Å². The van der Waals surface area contributed by atoms with Gasteiger partial charge >= 0.3 is 0 Å². The average molecular weight is 339 g/mol. The maximum atomic E-state index is 13.1. The minimum atomic E-state index is -0.638. The number of hydrogen-bond acceptors (Lipinski definition) is 3. The van der Waals surface area contributed by atoms with Crippen LogP contribution in [0.4, 0.5) is 10.2 Å². The van der Waals surface area contributed by atoms with Gasteiger partial charge in [0.15, 0.2) is 0 Å². The number of aryl methyl sites for hydroxylation is 1. The smallest absolute Gasteiger partial charge is 0.268 e. The first kappa shape index (κ1) is 16.4. The molecule has 0 radical (unpaired) electrons. The zero-order chi connectivity index (χ0) is 18.0. The largest absolute Gasteiger partial charge is 0.309 e. The fourth-order valence-corrected chi connectivity index (χ4v) is 2.41. The van der Waals surface area contributed by atoms with Crippen LogP contribution in [0.2, 0.25) is 0 Å². The van der Waals surface area contributed by atoms with Crippen molar-refractivity contribution in [1.29, 1.82) is 0 Å². The number of amides is 1. The number of hydrogen-bond donors (Lipinski definition) is 2. The lowest BCUT2D eigenvalue weighted by Crippen LogP contribution is -2.29. The molecule has 0 aliphatic carbocycles. The highest BCUT2D eigenvalue weighted by Crippen LogP contribution is 2.11. The molecule has 2 heterocycles. The van der Waals surface area contributed by atoms with Crippen molar-refractivity contribution in [2.45, 2.75) is 6.92 Å². The van der Waals surface area contributed by atoms with Crippen LogP contribution >= 0.6 is 0 Å². The van der Waals surface area contributed by atoms with Crippen molar-refractivity contribution >= 4 is 11.7 Å². The molecule has 126 valence electrons. The number of carbonyl (C=O) groups excluding carboxylic acids is 1. The summed E-state index contributed by atoms with van der Waals surface area (Å²) in [5, 5.41) is 2.50. The number of aromatic amines is 1. The van der Waals surface area contributed by atoms with Gasteiger partial charge in [-0.2, -0.15) is 0 Å². The highest BCUT2D eigenvalue weighted by Gasteiger charge is 2.17. The number of aromatic nitrogens is 2. The summed E-state index contributed by atoms with van der Waals surface area (Å²) in [6, 6.07) is 11.3. The molecule has 0 unspecified atom stereocenters. The van der Waals surface area contributed by atoms with E-state index in [4.69, 9.17) is 0 Å². The summed E-state index contributed by atoms with van der Waals surface area (Å²) in [4.78, 5) is 39.0. The van der Waals surface area contributed by atoms with E-state index in [-0.39, 0.29) is 16.9 Å². The predicted octanol–water partition coefficient (Wildman–Crippen LogP) is 2.23. The van der Waals surface area contributed by atoms with Crippen molar-refractivity contribution in [1.82, 2.24) is 9.55 Å². The van der Waals surface area contributed by atoms with Crippen LogP contribution in [0.5, 0.6) is 0 Å². The Bertz CT molecular complexity index is 1050. The number of nitrogens with one attached hydrogen (secondary N) is 2. The maximum Gasteiger partial charge on any atom is 0.268 e. The lowest BCUT2D eigenvalue weighted by atomic mass is 10.1. The summed E-state index contributed by atoms with van der Waals surface area (Å²) in [6.45, 7) is 1.64. The summed E-state index contributed by atoms with van der Waals surface area (Å²) in [7, 11) is 0. The summed E-state index contributed by atoms with van der Waals surface area (Å²) >= 11 is 0. The third kappa shape index (κ3) is 3.40. The first-order chi connectivity index (χ1) is 12.0. The van der Waals surface area contributed by atoms with Crippen LogP contribution < -0.4 is 16.4 Å². The maximum absolute atomic E-state index is 13.1.